The van der Waals surface area contributed by atoms with Crippen LogP contribution in [0.1, 0.15) is 27.2 Å². The lowest BCUT2D eigenvalue weighted by Crippen LogP contribution is -2.42. The van der Waals surface area contributed by atoms with E-state index >= 15 is 0 Å². The predicted octanol–water partition coefficient (Wildman–Crippen LogP) is 2.45. The number of hydrogen-bond donors (Lipinski definition) is 2. The summed E-state index contributed by atoms with van der Waals surface area (Å²) in [6.45, 7) is 5.59. The minimum Gasteiger partial charge on any atom is -0.351 e. The van der Waals surface area contributed by atoms with Crippen molar-refractivity contribution in [1.82, 2.24) is 5.32 Å². The van der Waals surface area contributed by atoms with E-state index in [2.05, 4.69) is 10.6 Å². The van der Waals surface area contributed by atoms with Crippen LogP contribution in [0.25, 0.3) is 0 Å². The fourth-order valence-electron chi connectivity index (χ4n) is 2.05. The molecule has 2 unspecified atom stereocenters. The van der Waals surface area contributed by atoms with E-state index in [1.54, 1.807) is 0 Å². The summed E-state index contributed by atoms with van der Waals surface area (Å²) >= 11 is 0. The highest BCUT2D eigenvalue weighted by Gasteiger charge is 2.48. The van der Waals surface area contributed by atoms with Gasteiger partial charge in [0.05, 0.1) is 11.8 Å². The van der Waals surface area contributed by atoms with Crippen molar-refractivity contribution in [1.29, 1.82) is 0 Å². The average molecular weight is 296 g/mol. The van der Waals surface area contributed by atoms with Gasteiger partial charge in [-0.15, -0.1) is 0 Å². The van der Waals surface area contributed by atoms with E-state index in [0.29, 0.717) is 6.42 Å². The molecule has 1 saturated carbocycles. The molecule has 2 rings (SSSR count). The van der Waals surface area contributed by atoms with Crippen LogP contribution < -0.4 is 10.6 Å². The molecule has 6 heteroatoms. The molecular formula is C15H18F2N2O2. The molecule has 4 nitrogen and oxygen atoms in total. The van der Waals surface area contributed by atoms with Gasteiger partial charge in [-0.2, -0.15) is 0 Å². The standard InChI is InChI=1S/C15H18F2N2O2/c1-15(2,3)19-14(21)10-7-9(10)13(20)18-8-4-5-11(16)12(17)6-8/h4-6,9-10H,7H2,1-3H3,(H,18,20)(H,19,21). The molecule has 1 aliphatic carbocycles. The first-order chi connectivity index (χ1) is 9.67. The van der Waals surface area contributed by atoms with Crippen molar-refractivity contribution in [3.05, 3.63) is 29.8 Å². The molecule has 0 spiro atoms. The third kappa shape index (κ3) is 4.00. The number of amides is 2. The fourth-order valence-corrected chi connectivity index (χ4v) is 2.05. The van der Waals surface area contributed by atoms with Gasteiger partial charge in [0.15, 0.2) is 11.6 Å². The molecule has 1 aliphatic rings. The number of anilines is 1. The molecule has 0 aliphatic heterocycles. The smallest absolute Gasteiger partial charge is 0.228 e. The van der Waals surface area contributed by atoms with Crippen LogP contribution in [0.15, 0.2) is 18.2 Å². The summed E-state index contributed by atoms with van der Waals surface area (Å²) in [7, 11) is 0. The summed E-state index contributed by atoms with van der Waals surface area (Å²) in [4.78, 5) is 23.8. The molecular weight excluding hydrogens is 278 g/mol. The molecule has 2 amide bonds. The predicted molar refractivity (Wildman–Crippen MR) is 74.5 cm³/mol. The second-order valence-corrected chi connectivity index (χ2v) is 6.31. The Kier molecular flexibility index (Phi) is 3.98. The van der Waals surface area contributed by atoms with Crippen molar-refractivity contribution in [3.8, 4) is 0 Å². The van der Waals surface area contributed by atoms with Crippen LogP contribution in [-0.4, -0.2) is 17.4 Å². The van der Waals surface area contributed by atoms with Gasteiger partial charge in [-0.3, -0.25) is 9.59 Å². The van der Waals surface area contributed by atoms with Gasteiger partial charge >= 0.3 is 0 Å². The van der Waals surface area contributed by atoms with E-state index in [9.17, 15) is 18.4 Å². The zero-order valence-corrected chi connectivity index (χ0v) is 12.2. The number of carbonyl (C=O) groups is 2. The van der Waals surface area contributed by atoms with Crippen molar-refractivity contribution in [2.45, 2.75) is 32.7 Å². The van der Waals surface area contributed by atoms with E-state index in [0.717, 1.165) is 12.1 Å². The van der Waals surface area contributed by atoms with Gasteiger partial charge in [0, 0.05) is 17.3 Å². The molecule has 0 bridgehead atoms. The first-order valence-electron chi connectivity index (χ1n) is 6.75. The molecule has 1 aromatic carbocycles. The number of carbonyl (C=O) groups excluding carboxylic acids is 2. The molecule has 2 atom stereocenters. The molecule has 0 heterocycles. The molecule has 1 aromatic rings. The maximum atomic E-state index is 13.0. The molecule has 21 heavy (non-hydrogen) atoms. The summed E-state index contributed by atoms with van der Waals surface area (Å²) in [6.07, 6.45) is 0.470. The van der Waals surface area contributed by atoms with Gasteiger partial charge in [-0.1, -0.05) is 0 Å². The Hall–Kier alpha value is -1.98. The van der Waals surface area contributed by atoms with E-state index in [-0.39, 0.29) is 29.0 Å². The van der Waals surface area contributed by atoms with Crippen molar-refractivity contribution in [3.63, 3.8) is 0 Å². The second kappa shape index (κ2) is 5.42. The Bertz CT molecular complexity index is 582. The van der Waals surface area contributed by atoms with Crippen molar-refractivity contribution >= 4 is 17.5 Å². The zero-order valence-electron chi connectivity index (χ0n) is 12.2. The number of rotatable bonds is 3. The number of halogens is 2. The van der Waals surface area contributed by atoms with Crippen LogP contribution in [0.4, 0.5) is 14.5 Å². The van der Waals surface area contributed by atoms with Crippen molar-refractivity contribution in [2.24, 2.45) is 11.8 Å². The summed E-state index contributed by atoms with van der Waals surface area (Å²) in [5.41, 5.74) is -0.165. The maximum absolute atomic E-state index is 13.0. The van der Waals surface area contributed by atoms with Gasteiger partial charge < -0.3 is 10.6 Å². The summed E-state index contributed by atoms with van der Waals surface area (Å²) in [6, 6.07) is 3.14. The Morgan fingerprint density at radius 3 is 2.29 bits per heavy atom. The minimum atomic E-state index is -1.02. The summed E-state index contributed by atoms with van der Waals surface area (Å²) in [5.74, 6) is -3.27. The lowest BCUT2D eigenvalue weighted by molar-refractivity contribution is -0.126. The SMILES string of the molecule is CC(C)(C)NC(=O)C1CC1C(=O)Nc1ccc(F)c(F)c1. The van der Waals surface area contributed by atoms with Crippen LogP contribution in [0.2, 0.25) is 0 Å². The van der Waals surface area contributed by atoms with E-state index < -0.39 is 17.6 Å². The van der Waals surface area contributed by atoms with Gasteiger partial charge in [-0.25, -0.2) is 8.78 Å². The maximum Gasteiger partial charge on any atom is 0.228 e. The molecule has 0 aromatic heterocycles. The first-order valence-corrected chi connectivity index (χ1v) is 6.75. The molecule has 1 fully saturated rings. The average Bonchev–Trinajstić information content (AvgIpc) is 3.12. The zero-order chi connectivity index (χ0) is 15.8. The lowest BCUT2D eigenvalue weighted by Gasteiger charge is -2.20. The summed E-state index contributed by atoms with van der Waals surface area (Å²) < 4.78 is 25.8. The molecule has 0 radical (unpaired) electrons. The lowest BCUT2D eigenvalue weighted by atomic mass is 10.1. The normalized spacial score (nSPS) is 20.8. The highest BCUT2D eigenvalue weighted by Crippen LogP contribution is 2.39. The van der Waals surface area contributed by atoms with Crippen LogP contribution in [-0.2, 0) is 9.59 Å². The number of hydrogen-bond acceptors (Lipinski definition) is 2. The van der Waals surface area contributed by atoms with Gasteiger partial charge in [0.1, 0.15) is 0 Å². The quantitative estimate of drug-likeness (QED) is 0.900. The minimum absolute atomic E-state index is 0.159. The second-order valence-electron chi connectivity index (χ2n) is 6.31. The Labute approximate surface area is 121 Å². The third-order valence-corrected chi connectivity index (χ3v) is 3.15. The third-order valence-electron chi connectivity index (χ3n) is 3.15. The molecule has 2 N–H and O–H groups in total. The number of benzene rings is 1. The number of nitrogens with one attached hydrogen (secondary N) is 2. The Morgan fingerprint density at radius 2 is 1.71 bits per heavy atom. The highest BCUT2D eigenvalue weighted by molar-refractivity contribution is 5.99. The highest BCUT2D eigenvalue weighted by atomic mass is 19.2. The Morgan fingerprint density at radius 1 is 1.10 bits per heavy atom. The van der Waals surface area contributed by atoms with Gasteiger partial charge in [0.25, 0.3) is 0 Å². The van der Waals surface area contributed by atoms with Crippen LogP contribution in [0.5, 0.6) is 0 Å². The van der Waals surface area contributed by atoms with Crippen LogP contribution >= 0.6 is 0 Å². The van der Waals surface area contributed by atoms with Crippen molar-refractivity contribution < 1.29 is 18.4 Å². The monoisotopic (exact) mass is 296 g/mol. The summed E-state index contributed by atoms with van der Waals surface area (Å²) in [5, 5.41) is 5.31. The van der Waals surface area contributed by atoms with Crippen molar-refractivity contribution in [2.75, 3.05) is 5.32 Å². The van der Waals surface area contributed by atoms with Gasteiger partial charge in [-0.05, 0) is 39.3 Å². The largest absolute Gasteiger partial charge is 0.351 e. The van der Waals surface area contributed by atoms with E-state index in [1.807, 2.05) is 20.8 Å². The first kappa shape index (κ1) is 15.4. The molecule has 114 valence electrons. The fraction of sp³-hybridized carbons (Fsp3) is 0.467. The topological polar surface area (TPSA) is 58.2 Å². The van der Waals surface area contributed by atoms with Crippen LogP contribution in [0, 0.1) is 23.5 Å². The molecule has 0 saturated heterocycles. The van der Waals surface area contributed by atoms with Crippen LogP contribution in [0.3, 0.4) is 0 Å². The Balaban J connectivity index is 1.91. The van der Waals surface area contributed by atoms with E-state index in [1.165, 1.54) is 6.07 Å². The van der Waals surface area contributed by atoms with Gasteiger partial charge in [0.2, 0.25) is 11.8 Å². The van der Waals surface area contributed by atoms with E-state index in [4.69, 9.17) is 0 Å².